The molecule has 0 spiro atoms. The molecule has 4 aromatic heterocycles. The topological polar surface area (TPSA) is 115 Å². The summed E-state index contributed by atoms with van der Waals surface area (Å²) in [5.41, 5.74) is 10.3. The molecule has 5 heterocycles. The highest BCUT2D eigenvalue weighted by atomic mass is 32.1. The van der Waals surface area contributed by atoms with Crippen LogP contribution in [0.4, 0.5) is 11.6 Å². The summed E-state index contributed by atoms with van der Waals surface area (Å²) >= 11 is 1.44. The van der Waals surface area contributed by atoms with E-state index in [-0.39, 0.29) is 11.6 Å². The SMILES string of the molecule is Cc1ccc(N2CCN(CCn3c(=O)n(C)c4c3nc(N)n3nc(-c5nccs5)nc43)CC2)cc1. The lowest BCUT2D eigenvalue weighted by Gasteiger charge is -2.36. The van der Waals surface area contributed by atoms with Crippen LogP contribution in [0.5, 0.6) is 0 Å². The highest BCUT2D eigenvalue weighted by Gasteiger charge is 2.23. The molecule has 2 N–H and O–H groups in total. The maximum Gasteiger partial charge on any atom is 0.330 e. The number of hydrogen-bond acceptors (Lipinski definition) is 9. The van der Waals surface area contributed by atoms with Gasteiger partial charge < -0.3 is 10.6 Å². The molecule has 0 aliphatic carbocycles. The van der Waals surface area contributed by atoms with Gasteiger partial charge in [-0.2, -0.15) is 9.50 Å². The van der Waals surface area contributed by atoms with E-state index in [4.69, 9.17) is 5.73 Å². The lowest BCUT2D eigenvalue weighted by atomic mass is 10.2. The Labute approximate surface area is 205 Å². The molecule has 1 aliphatic rings. The fourth-order valence-corrected chi connectivity index (χ4v) is 5.21. The summed E-state index contributed by atoms with van der Waals surface area (Å²) in [6.45, 7) is 7.18. The highest BCUT2D eigenvalue weighted by Crippen LogP contribution is 2.24. The van der Waals surface area contributed by atoms with E-state index in [1.807, 2.05) is 5.38 Å². The van der Waals surface area contributed by atoms with Crippen LogP contribution in [0.25, 0.3) is 27.6 Å². The van der Waals surface area contributed by atoms with Gasteiger partial charge >= 0.3 is 5.69 Å². The number of imidazole rings is 1. The van der Waals surface area contributed by atoms with Crippen LogP contribution < -0.4 is 16.3 Å². The van der Waals surface area contributed by atoms with Gasteiger partial charge in [0.25, 0.3) is 0 Å². The quantitative estimate of drug-likeness (QED) is 0.395. The third kappa shape index (κ3) is 3.74. The van der Waals surface area contributed by atoms with Crippen LogP contribution in [0, 0.1) is 6.92 Å². The third-order valence-electron chi connectivity index (χ3n) is 6.61. The van der Waals surface area contributed by atoms with Crippen molar-refractivity contribution in [2.45, 2.75) is 13.5 Å². The Morgan fingerprint density at radius 2 is 1.80 bits per heavy atom. The molecule has 0 unspecified atom stereocenters. The summed E-state index contributed by atoms with van der Waals surface area (Å²) in [6.07, 6.45) is 1.70. The first-order valence-electron chi connectivity index (χ1n) is 11.5. The van der Waals surface area contributed by atoms with Crippen LogP contribution in [-0.4, -0.2) is 71.3 Å². The number of aromatic nitrogens is 7. The predicted molar refractivity (Wildman–Crippen MR) is 137 cm³/mol. The second kappa shape index (κ2) is 8.47. The monoisotopic (exact) mass is 490 g/mol. The second-order valence-electron chi connectivity index (χ2n) is 8.81. The number of nitrogens with two attached hydrogens (primary N) is 1. The van der Waals surface area contributed by atoms with Crippen LogP contribution in [-0.2, 0) is 13.6 Å². The van der Waals surface area contributed by atoms with Crippen LogP contribution in [0.1, 0.15) is 5.56 Å². The summed E-state index contributed by atoms with van der Waals surface area (Å²) in [5.74, 6) is 0.654. The predicted octanol–water partition coefficient (Wildman–Crippen LogP) is 1.61. The standard InChI is InChI=1S/C23H26N10OS/c1-15-3-5-16(6-4-15)31-11-8-30(9-12-31)10-13-32-19-17(29(2)23(32)34)20-26-18(21-25-7-14-35-21)28-33(20)22(24)27-19/h3-7,14H,8-13H2,1-2H3,(H2,24,27). The van der Waals surface area contributed by atoms with Gasteiger partial charge in [0.1, 0.15) is 5.52 Å². The van der Waals surface area contributed by atoms with E-state index in [1.54, 1.807) is 22.4 Å². The van der Waals surface area contributed by atoms with Gasteiger partial charge in [0.05, 0.1) is 0 Å². The van der Waals surface area contributed by atoms with E-state index < -0.39 is 0 Å². The van der Waals surface area contributed by atoms with E-state index in [2.05, 4.69) is 61.0 Å². The lowest BCUT2D eigenvalue weighted by Crippen LogP contribution is -2.47. The molecule has 1 aliphatic heterocycles. The van der Waals surface area contributed by atoms with E-state index >= 15 is 0 Å². The molecule has 0 amide bonds. The molecule has 180 valence electrons. The molecule has 0 radical (unpaired) electrons. The molecule has 0 saturated carbocycles. The minimum Gasteiger partial charge on any atom is -0.369 e. The Hall–Kier alpha value is -3.77. The fourth-order valence-electron chi connectivity index (χ4n) is 4.64. The molecule has 0 atom stereocenters. The summed E-state index contributed by atoms with van der Waals surface area (Å²) in [4.78, 5) is 31.4. The lowest BCUT2D eigenvalue weighted by molar-refractivity contribution is 0.248. The van der Waals surface area contributed by atoms with Gasteiger partial charge in [0.2, 0.25) is 11.8 Å². The van der Waals surface area contributed by atoms with Gasteiger partial charge in [-0.15, -0.1) is 16.4 Å². The minimum absolute atomic E-state index is 0.142. The van der Waals surface area contributed by atoms with Crippen LogP contribution in [0.2, 0.25) is 0 Å². The van der Waals surface area contributed by atoms with Crippen LogP contribution in [0.15, 0.2) is 40.6 Å². The molecular formula is C23H26N10OS. The summed E-state index contributed by atoms with van der Waals surface area (Å²) in [5, 5.41) is 7.03. The Morgan fingerprint density at radius 3 is 2.51 bits per heavy atom. The van der Waals surface area contributed by atoms with Crippen molar-refractivity contribution in [2.75, 3.05) is 43.4 Å². The van der Waals surface area contributed by atoms with Gasteiger partial charge in [-0.25, -0.2) is 14.8 Å². The zero-order chi connectivity index (χ0) is 24.1. The van der Waals surface area contributed by atoms with Crippen molar-refractivity contribution in [3.63, 3.8) is 0 Å². The number of hydrogen-bond donors (Lipinski definition) is 1. The smallest absolute Gasteiger partial charge is 0.330 e. The second-order valence-corrected chi connectivity index (χ2v) is 9.70. The van der Waals surface area contributed by atoms with E-state index in [9.17, 15) is 4.79 Å². The van der Waals surface area contributed by atoms with E-state index in [0.717, 1.165) is 32.7 Å². The summed E-state index contributed by atoms with van der Waals surface area (Å²) in [7, 11) is 1.73. The number of aryl methyl sites for hydroxylation is 2. The zero-order valence-corrected chi connectivity index (χ0v) is 20.4. The number of nitrogen functional groups attached to an aromatic ring is 1. The van der Waals surface area contributed by atoms with Crippen molar-refractivity contribution in [3.05, 3.63) is 51.9 Å². The fraction of sp³-hybridized carbons (Fsp3) is 0.348. The number of thiazole rings is 1. The van der Waals surface area contributed by atoms with E-state index in [0.29, 0.717) is 34.2 Å². The third-order valence-corrected chi connectivity index (χ3v) is 7.38. The van der Waals surface area contributed by atoms with Gasteiger partial charge in [-0.05, 0) is 19.1 Å². The first-order chi connectivity index (χ1) is 17.0. The molecule has 11 nitrogen and oxygen atoms in total. The first-order valence-corrected chi connectivity index (χ1v) is 12.4. The average molecular weight is 491 g/mol. The van der Waals surface area contributed by atoms with Crippen molar-refractivity contribution in [1.82, 2.24) is 38.6 Å². The number of anilines is 2. The number of nitrogens with zero attached hydrogens (tertiary/aromatic N) is 9. The maximum atomic E-state index is 13.2. The minimum atomic E-state index is -0.142. The van der Waals surface area contributed by atoms with Crippen molar-refractivity contribution in [3.8, 4) is 10.8 Å². The Morgan fingerprint density at radius 1 is 1.03 bits per heavy atom. The maximum absolute atomic E-state index is 13.2. The summed E-state index contributed by atoms with van der Waals surface area (Å²) < 4.78 is 4.75. The van der Waals surface area contributed by atoms with Crippen LogP contribution >= 0.6 is 11.3 Å². The zero-order valence-electron chi connectivity index (χ0n) is 19.6. The first kappa shape index (κ1) is 21.7. The molecule has 6 rings (SSSR count). The van der Waals surface area contributed by atoms with Gasteiger partial charge in [-0.1, -0.05) is 17.7 Å². The normalized spacial score (nSPS) is 15.0. The van der Waals surface area contributed by atoms with Crippen molar-refractivity contribution < 1.29 is 0 Å². The van der Waals surface area contributed by atoms with E-state index in [1.165, 1.54) is 27.1 Å². The number of benzene rings is 1. The Balaban J connectivity index is 1.24. The molecular weight excluding hydrogens is 464 g/mol. The molecule has 35 heavy (non-hydrogen) atoms. The number of piperazine rings is 1. The van der Waals surface area contributed by atoms with Gasteiger partial charge in [-0.3, -0.25) is 14.0 Å². The number of fused-ring (bicyclic) bond motifs is 3. The molecule has 0 bridgehead atoms. The highest BCUT2D eigenvalue weighted by molar-refractivity contribution is 7.13. The van der Waals surface area contributed by atoms with Gasteiger partial charge in [0.15, 0.2) is 16.3 Å². The van der Waals surface area contributed by atoms with Crippen molar-refractivity contribution in [1.29, 1.82) is 0 Å². The largest absolute Gasteiger partial charge is 0.369 e. The molecule has 1 fully saturated rings. The van der Waals surface area contributed by atoms with Crippen molar-refractivity contribution >= 4 is 39.8 Å². The molecule has 5 aromatic rings. The molecule has 1 aromatic carbocycles. The average Bonchev–Trinajstić information content (AvgIpc) is 3.59. The Bertz CT molecular complexity index is 1560. The van der Waals surface area contributed by atoms with Crippen LogP contribution in [0.3, 0.4) is 0 Å². The van der Waals surface area contributed by atoms with Gasteiger partial charge in [0, 0.05) is 63.6 Å². The molecule has 1 saturated heterocycles. The summed E-state index contributed by atoms with van der Waals surface area (Å²) in [6, 6.07) is 8.67. The van der Waals surface area contributed by atoms with Crippen molar-refractivity contribution in [2.24, 2.45) is 7.05 Å². The number of rotatable bonds is 5. The Kier molecular flexibility index (Phi) is 5.26. The molecule has 12 heteroatoms.